The third-order valence-electron chi connectivity index (χ3n) is 1.13. The lowest BCUT2D eigenvalue weighted by Crippen LogP contribution is -1.95. The molecule has 0 saturated heterocycles. The first-order chi connectivity index (χ1) is 4.72. The van der Waals surface area contributed by atoms with E-state index in [4.69, 9.17) is 10.2 Å². The number of para-hydroxylation sites is 1. The van der Waals surface area contributed by atoms with Crippen molar-refractivity contribution < 1.29 is 26.0 Å². The maximum atomic E-state index is 10.3. The van der Waals surface area contributed by atoms with Crippen LogP contribution in [0.1, 0.15) is 10.4 Å². The predicted molar refractivity (Wildman–Crippen MR) is 42.3 cm³/mol. The molecule has 0 atom stereocenters. The van der Waals surface area contributed by atoms with E-state index >= 15 is 0 Å². The predicted octanol–water partition coefficient (Wildman–Crippen LogP) is -0.559. The first kappa shape index (κ1) is 13.0. The summed E-state index contributed by atoms with van der Waals surface area (Å²) in [5, 5.41) is 17.3. The third kappa shape index (κ3) is 2.57. The van der Waals surface area contributed by atoms with Gasteiger partial charge in [-0.1, -0.05) is 12.1 Å². The Morgan fingerprint density at radius 3 is 2.00 bits per heavy atom. The van der Waals surface area contributed by atoms with E-state index in [1.807, 2.05) is 0 Å². The molecule has 0 saturated carbocycles. The van der Waals surface area contributed by atoms with Crippen LogP contribution in [0, 0.1) is 0 Å². The van der Waals surface area contributed by atoms with Gasteiger partial charge < -0.3 is 21.2 Å². The zero-order valence-corrected chi connectivity index (χ0v) is 6.11. The van der Waals surface area contributed by atoms with E-state index in [0.717, 1.165) is 0 Å². The Kier molecular flexibility index (Phi) is 5.55. The van der Waals surface area contributed by atoms with Crippen molar-refractivity contribution in [3.8, 4) is 5.75 Å². The van der Waals surface area contributed by atoms with Crippen molar-refractivity contribution in [1.29, 1.82) is 0 Å². The highest BCUT2D eigenvalue weighted by atomic mass is 16.4. The molecule has 0 spiro atoms. The first-order valence-corrected chi connectivity index (χ1v) is 2.73. The Balaban J connectivity index is 0. The summed E-state index contributed by atoms with van der Waals surface area (Å²) in [6.45, 7) is 0. The van der Waals surface area contributed by atoms with Crippen LogP contribution in [0.2, 0.25) is 0 Å². The molecule has 0 aliphatic rings. The summed E-state index contributed by atoms with van der Waals surface area (Å²) >= 11 is 0. The van der Waals surface area contributed by atoms with Crippen LogP contribution in [-0.4, -0.2) is 27.1 Å². The minimum absolute atomic E-state index is 0. The first-order valence-electron chi connectivity index (χ1n) is 2.73. The lowest BCUT2D eigenvalue weighted by molar-refractivity contribution is 0.0693. The number of phenols is 1. The van der Waals surface area contributed by atoms with Gasteiger partial charge in [-0.05, 0) is 12.1 Å². The maximum Gasteiger partial charge on any atom is 0.339 e. The van der Waals surface area contributed by atoms with Crippen LogP contribution >= 0.6 is 0 Å². The molecule has 0 radical (unpaired) electrons. The molecular formula is C7H10O5. The van der Waals surface area contributed by atoms with Crippen molar-refractivity contribution in [3.05, 3.63) is 29.8 Å². The zero-order chi connectivity index (χ0) is 7.56. The molecule has 5 heteroatoms. The van der Waals surface area contributed by atoms with Gasteiger partial charge in [0, 0.05) is 0 Å². The van der Waals surface area contributed by atoms with Crippen LogP contribution in [-0.2, 0) is 0 Å². The Bertz CT molecular complexity index is 258. The normalized spacial score (nSPS) is 7.67. The molecule has 0 aliphatic heterocycles. The van der Waals surface area contributed by atoms with Gasteiger partial charge in [0.25, 0.3) is 0 Å². The van der Waals surface area contributed by atoms with Crippen molar-refractivity contribution in [2.45, 2.75) is 0 Å². The van der Waals surface area contributed by atoms with Gasteiger partial charge >= 0.3 is 5.97 Å². The highest BCUT2D eigenvalue weighted by Gasteiger charge is 2.05. The number of carbonyl (C=O) groups is 1. The molecule has 0 fully saturated rings. The molecule has 12 heavy (non-hydrogen) atoms. The van der Waals surface area contributed by atoms with Crippen LogP contribution in [0.4, 0.5) is 0 Å². The van der Waals surface area contributed by atoms with Crippen LogP contribution in [0.15, 0.2) is 24.3 Å². The molecule has 0 bridgehead atoms. The Labute approximate surface area is 68.5 Å². The van der Waals surface area contributed by atoms with Gasteiger partial charge in [-0.15, -0.1) is 0 Å². The second-order valence-electron chi connectivity index (χ2n) is 1.82. The number of carboxylic acids is 1. The summed E-state index contributed by atoms with van der Waals surface area (Å²) in [6.07, 6.45) is 0. The average Bonchev–Trinajstić information content (AvgIpc) is 1.88. The average molecular weight is 174 g/mol. The monoisotopic (exact) mass is 174 g/mol. The van der Waals surface area contributed by atoms with E-state index in [2.05, 4.69) is 0 Å². The molecule has 0 aliphatic carbocycles. The molecule has 5 nitrogen and oxygen atoms in total. The summed E-state index contributed by atoms with van der Waals surface area (Å²) in [4.78, 5) is 10.3. The van der Waals surface area contributed by atoms with Crippen LogP contribution in [0.3, 0.4) is 0 Å². The van der Waals surface area contributed by atoms with E-state index in [1.54, 1.807) is 12.1 Å². The SMILES string of the molecule is O.O.O=C(O)c1ccccc1O. The second-order valence-corrected chi connectivity index (χ2v) is 1.82. The van der Waals surface area contributed by atoms with Gasteiger partial charge in [0.2, 0.25) is 0 Å². The minimum Gasteiger partial charge on any atom is -0.507 e. The van der Waals surface area contributed by atoms with Crippen LogP contribution in [0.5, 0.6) is 5.75 Å². The Morgan fingerprint density at radius 2 is 1.67 bits per heavy atom. The molecule has 68 valence electrons. The van der Waals surface area contributed by atoms with Crippen molar-refractivity contribution in [1.82, 2.24) is 0 Å². The number of carboxylic acid groups (broad SMARTS) is 1. The van der Waals surface area contributed by atoms with Crippen LogP contribution < -0.4 is 0 Å². The molecule has 0 amide bonds. The topological polar surface area (TPSA) is 121 Å². The molecule has 1 aromatic carbocycles. The summed E-state index contributed by atoms with van der Waals surface area (Å²) < 4.78 is 0. The van der Waals surface area contributed by atoms with E-state index in [-0.39, 0.29) is 22.3 Å². The van der Waals surface area contributed by atoms with E-state index < -0.39 is 5.97 Å². The van der Waals surface area contributed by atoms with Gasteiger partial charge in [0.05, 0.1) is 0 Å². The number of rotatable bonds is 1. The smallest absolute Gasteiger partial charge is 0.339 e. The molecule has 1 aromatic rings. The summed E-state index contributed by atoms with van der Waals surface area (Å²) in [5.41, 5.74) is -0.0671. The fraction of sp³-hybridized carbons (Fsp3) is 0. The zero-order valence-electron chi connectivity index (χ0n) is 6.11. The van der Waals surface area contributed by atoms with Crippen LogP contribution in [0.25, 0.3) is 0 Å². The van der Waals surface area contributed by atoms with Gasteiger partial charge in [-0.25, -0.2) is 4.79 Å². The highest BCUT2D eigenvalue weighted by Crippen LogP contribution is 2.14. The van der Waals surface area contributed by atoms with Gasteiger partial charge in [-0.3, -0.25) is 0 Å². The van der Waals surface area contributed by atoms with Gasteiger partial charge in [0.15, 0.2) is 0 Å². The number of benzene rings is 1. The van der Waals surface area contributed by atoms with Gasteiger partial charge in [-0.2, -0.15) is 0 Å². The Morgan fingerprint density at radius 1 is 1.17 bits per heavy atom. The minimum atomic E-state index is -1.11. The summed E-state index contributed by atoms with van der Waals surface area (Å²) in [6, 6.07) is 5.81. The molecule has 6 N–H and O–H groups in total. The number of aromatic carboxylic acids is 1. The molecule has 0 unspecified atom stereocenters. The molecule has 0 heterocycles. The highest BCUT2D eigenvalue weighted by molar-refractivity contribution is 5.90. The number of hydrogen-bond acceptors (Lipinski definition) is 2. The molecular weight excluding hydrogens is 164 g/mol. The molecule has 1 rings (SSSR count). The van der Waals surface area contributed by atoms with Crippen molar-refractivity contribution >= 4 is 5.97 Å². The quantitative estimate of drug-likeness (QED) is 0.593. The van der Waals surface area contributed by atoms with Crippen molar-refractivity contribution in [2.75, 3.05) is 0 Å². The fourth-order valence-electron chi connectivity index (χ4n) is 0.654. The fourth-order valence-corrected chi connectivity index (χ4v) is 0.654. The lowest BCUT2D eigenvalue weighted by Gasteiger charge is -1.95. The summed E-state index contributed by atoms with van der Waals surface area (Å²) in [5.74, 6) is -1.31. The van der Waals surface area contributed by atoms with E-state index in [0.29, 0.717) is 0 Å². The maximum absolute atomic E-state index is 10.3. The molecule has 0 aromatic heterocycles. The largest absolute Gasteiger partial charge is 0.507 e. The van der Waals surface area contributed by atoms with Crippen molar-refractivity contribution in [3.63, 3.8) is 0 Å². The van der Waals surface area contributed by atoms with E-state index in [9.17, 15) is 4.79 Å². The summed E-state index contributed by atoms with van der Waals surface area (Å²) in [7, 11) is 0. The van der Waals surface area contributed by atoms with Crippen molar-refractivity contribution in [2.24, 2.45) is 0 Å². The third-order valence-corrected chi connectivity index (χ3v) is 1.13. The number of aromatic hydroxyl groups is 1. The standard InChI is InChI=1S/C7H6O3.2H2O/c8-6-4-2-1-3-5(6)7(9)10;;/h1-4,8H,(H,9,10);2*1H2. The lowest BCUT2D eigenvalue weighted by atomic mass is 10.2. The van der Waals surface area contributed by atoms with Gasteiger partial charge in [0.1, 0.15) is 11.3 Å². The number of hydrogen-bond donors (Lipinski definition) is 2. The Hall–Kier alpha value is -1.59. The second kappa shape index (κ2) is 5.11. The van der Waals surface area contributed by atoms with E-state index in [1.165, 1.54) is 12.1 Å².